The molecule has 0 aliphatic carbocycles. The van der Waals surface area contributed by atoms with Crippen LogP contribution in [0.5, 0.6) is 0 Å². The molecule has 126 valence electrons. The Kier molecular flexibility index (Phi) is 6.41. The van der Waals surface area contributed by atoms with E-state index in [1.54, 1.807) is 0 Å². The topological polar surface area (TPSA) is 101 Å². The van der Waals surface area contributed by atoms with Crippen molar-refractivity contribution in [2.24, 2.45) is 23.1 Å². The fourth-order valence-electron chi connectivity index (χ4n) is 2.26. The molecular weight excluding hydrogens is 292 g/mol. The lowest BCUT2D eigenvalue weighted by molar-refractivity contribution is -0.143. The molecule has 0 saturated heterocycles. The van der Waals surface area contributed by atoms with Gasteiger partial charge in [-0.2, -0.15) is 8.42 Å². The lowest BCUT2D eigenvalue weighted by Gasteiger charge is -2.38. The second kappa shape index (κ2) is 6.62. The van der Waals surface area contributed by atoms with Crippen molar-refractivity contribution < 1.29 is 17.8 Å². The van der Waals surface area contributed by atoms with Gasteiger partial charge in [-0.25, -0.2) is 5.84 Å². The maximum absolute atomic E-state index is 12.6. The van der Waals surface area contributed by atoms with Crippen LogP contribution in [0, 0.1) is 17.3 Å². The predicted octanol–water partition coefficient (Wildman–Crippen LogP) is 2.06. The quantitative estimate of drug-likeness (QED) is 0.337. The zero-order chi connectivity index (χ0) is 17.2. The Morgan fingerprint density at radius 1 is 1.19 bits per heavy atom. The van der Waals surface area contributed by atoms with Crippen molar-refractivity contribution in [1.82, 2.24) is 5.01 Å². The molecule has 3 N–H and O–H groups in total. The highest BCUT2D eigenvalue weighted by Crippen LogP contribution is 2.31. The number of nitrogens with zero attached hydrogens (tertiary/aromatic N) is 1. The third-order valence-corrected chi connectivity index (χ3v) is 4.45. The molecule has 7 heteroatoms. The van der Waals surface area contributed by atoms with Crippen LogP contribution in [0.25, 0.3) is 0 Å². The Labute approximate surface area is 128 Å². The molecule has 0 radical (unpaired) electrons. The summed E-state index contributed by atoms with van der Waals surface area (Å²) in [4.78, 5) is 12.6. The highest BCUT2D eigenvalue weighted by molar-refractivity contribution is 7.85. The molecule has 0 aromatic rings. The first-order valence-corrected chi connectivity index (χ1v) is 8.72. The van der Waals surface area contributed by atoms with Gasteiger partial charge < -0.3 is 0 Å². The van der Waals surface area contributed by atoms with Gasteiger partial charge in [0.1, 0.15) is 0 Å². The molecule has 0 aromatic heterocycles. The van der Waals surface area contributed by atoms with E-state index in [4.69, 9.17) is 10.4 Å². The number of rotatable bonds is 6. The van der Waals surface area contributed by atoms with Crippen LogP contribution in [-0.2, 0) is 14.9 Å². The van der Waals surface area contributed by atoms with Crippen LogP contribution in [0.2, 0.25) is 0 Å². The molecule has 0 rings (SSSR count). The standard InChI is InChI=1S/C14H30N2O4S/c1-10(2)11(8-13(3,4)5)12(17)16(15)14(6,7)9-21(18,19)20/h10-11H,8-9,15H2,1-7H3,(H,18,19,20). The lowest BCUT2D eigenvalue weighted by atomic mass is 9.79. The minimum absolute atomic E-state index is 0.0430. The van der Waals surface area contributed by atoms with E-state index in [2.05, 4.69) is 0 Å². The van der Waals surface area contributed by atoms with Gasteiger partial charge in [0, 0.05) is 5.92 Å². The molecule has 0 heterocycles. The fourth-order valence-corrected chi connectivity index (χ4v) is 3.29. The summed E-state index contributed by atoms with van der Waals surface area (Å²) in [6.45, 7) is 13.1. The monoisotopic (exact) mass is 322 g/mol. The summed E-state index contributed by atoms with van der Waals surface area (Å²) in [7, 11) is -4.22. The van der Waals surface area contributed by atoms with E-state index in [1.165, 1.54) is 13.8 Å². The van der Waals surface area contributed by atoms with Gasteiger partial charge in [0.15, 0.2) is 0 Å². The zero-order valence-electron chi connectivity index (χ0n) is 14.2. The molecule has 0 saturated carbocycles. The molecule has 0 spiro atoms. The average Bonchev–Trinajstić information content (AvgIpc) is 2.18. The molecule has 0 aromatic carbocycles. The summed E-state index contributed by atoms with van der Waals surface area (Å²) >= 11 is 0. The van der Waals surface area contributed by atoms with Crippen LogP contribution in [0.4, 0.5) is 0 Å². The van der Waals surface area contributed by atoms with Crippen LogP contribution in [0.3, 0.4) is 0 Å². The number of amides is 1. The SMILES string of the molecule is CC(C)C(CC(C)(C)C)C(=O)N(N)C(C)(C)CS(=O)(=O)O. The second-order valence-corrected chi connectivity index (χ2v) is 9.31. The predicted molar refractivity (Wildman–Crippen MR) is 83.9 cm³/mol. The summed E-state index contributed by atoms with van der Waals surface area (Å²) in [5, 5.41) is 0.956. The molecule has 1 unspecified atom stereocenters. The Hall–Kier alpha value is -0.660. The number of nitrogens with two attached hydrogens (primary N) is 1. The largest absolute Gasteiger partial charge is 0.285 e. The molecule has 0 aliphatic rings. The van der Waals surface area contributed by atoms with E-state index in [9.17, 15) is 13.2 Å². The van der Waals surface area contributed by atoms with Crippen molar-refractivity contribution in [3.63, 3.8) is 0 Å². The summed E-state index contributed by atoms with van der Waals surface area (Å²) in [5.41, 5.74) is -1.21. The highest BCUT2D eigenvalue weighted by atomic mass is 32.2. The Bertz CT molecular complexity index is 464. The van der Waals surface area contributed by atoms with Crippen molar-refractivity contribution in [2.45, 2.75) is 60.4 Å². The average molecular weight is 322 g/mol. The fraction of sp³-hybridized carbons (Fsp3) is 0.929. The Morgan fingerprint density at radius 2 is 1.62 bits per heavy atom. The van der Waals surface area contributed by atoms with Crippen molar-refractivity contribution in [1.29, 1.82) is 0 Å². The summed E-state index contributed by atoms with van der Waals surface area (Å²) in [5.74, 6) is 4.77. The number of carbonyl (C=O) groups is 1. The molecule has 1 amide bonds. The van der Waals surface area contributed by atoms with E-state index in [0.717, 1.165) is 5.01 Å². The third kappa shape index (κ3) is 7.24. The van der Waals surface area contributed by atoms with Gasteiger partial charge in [-0.15, -0.1) is 0 Å². The summed E-state index contributed by atoms with van der Waals surface area (Å²) in [6, 6.07) is 0. The van der Waals surface area contributed by atoms with Crippen molar-refractivity contribution in [3.8, 4) is 0 Å². The van der Waals surface area contributed by atoms with Crippen LogP contribution < -0.4 is 5.84 Å². The van der Waals surface area contributed by atoms with Gasteiger partial charge in [0.2, 0.25) is 5.91 Å². The number of carbonyl (C=O) groups excluding carboxylic acids is 1. The van der Waals surface area contributed by atoms with Crippen molar-refractivity contribution in [3.05, 3.63) is 0 Å². The molecule has 6 nitrogen and oxygen atoms in total. The lowest BCUT2D eigenvalue weighted by Crippen LogP contribution is -2.58. The summed E-state index contributed by atoms with van der Waals surface area (Å²) in [6.07, 6.45) is 0.652. The number of hydrazine groups is 1. The summed E-state index contributed by atoms with van der Waals surface area (Å²) < 4.78 is 31.1. The van der Waals surface area contributed by atoms with Crippen LogP contribution >= 0.6 is 0 Å². The Morgan fingerprint density at radius 3 is 1.90 bits per heavy atom. The van der Waals surface area contributed by atoms with E-state index < -0.39 is 21.4 Å². The Balaban J connectivity index is 5.26. The normalized spacial score (nSPS) is 15.1. The molecular formula is C14H30N2O4S. The molecule has 0 fully saturated rings. The van der Waals surface area contributed by atoms with Crippen LogP contribution in [-0.4, -0.2) is 35.2 Å². The van der Waals surface area contributed by atoms with E-state index in [-0.39, 0.29) is 23.2 Å². The number of hydrogen-bond donors (Lipinski definition) is 2. The number of hydrogen-bond acceptors (Lipinski definition) is 4. The first kappa shape index (κ1) is 20.3. The van der Waals surface area contributed by atoms with Crippen LogP contribution in [0.15, 0.2) is 0 Å². The van der Waals surface area contributed by atoms with Gasteiger partial charge >= 0.3 is 0 Å². The molecule has 0 bridgehead atoms. The minimum Gasteiger partial charge on any atom is -0.285 e. The highest BCUT2D eigenvalue weighted by Gasteiger charge is 2.38. The van der Waals surface area contributed by atoms with Crippen molar-refractivity contribution in [2.75, 3.05) is 5.75 Å². The van der Waals surface area contributed by atoms with Crippen LogP contribution in [0.1, 0.15) is 54.9 Å². The first-order chi connectivity index (χ1) is 9.07. The van der Waals surface area contributed by atoms with E-state index >= 15 is 0 Å². The molecule has 1 atom stereocenters. The van der Waals surface area contributed by atoms with E-state index in [1.807, 2.05) is 34.6 Å². The third-order valence-electron chi connectivity index (χ3n) is 3.38. The van der Waals surface area contributed by atoms with Crippen molar-refractivity contribution >= 4 is 16.0 Å². The van der Waals surface area contributed by atoms with Gasteiger partial charge in [0.05, 0.1) is 11.3 Å². The molecule has 0 aliphatic heterocycles. The second-order valence-electron chi connectivity index (χ2n) is 7.86. The molecule has 21 heavy (non-hydrogen) atoms. The smallest absolute Gasteiger partial charge is 0.267 e. The minimum atomic E-state index is -4.22. The van der Waals surface area contributed by atoms with Gasteiger partial charge in [-0.3, -0.25) is 14.4 Å². The van der Waals surface area contributed by atoms with Gasteiger partial charge in [0.25, 0.3) is 10.1 Å². The van der Waals surface area contributed by atoms with E-state index in [0.29, 0.717) is 6.42 Å². The zero-order valence-corrected chi connectivity index (χ0v) is 15.0. The van der Waals surface area contributed by atoms with Gasteiger partial charge in [-0.1, -0.05) is 34.6 Å². The van der Waals surface area contributed by atoms with Gasteiger partial charge in [-0.05, 0) is 31.6 Å². The maximum Gasteiger partial charge on any atom is 0.267 e. The first-order valence-electron chi connectivity index (χ1n) is 7.11. The maximum atomic E-state index is 12.6.